The van der Waals surface area contributed by atoms with E-state index in [4.69, 9.17) is 16.7 Å². The van der Waals surface area contributed by atoms with E-state index in [1.54, 1.807) is 18.2 Å². The first kappa shape index (κ1) is 13.1. The summed E-state index contributed by atoms with van der Waals surface area (Å²) in [5, 5.41) is 7.98. The number of carbonyl (C=O) groups excluding carboxylic acids is 1. The molecule has 0 atom stereocenters. The molecule has 0 radical (unpaired) electrons. The van der Waals surface area contributed by atoms with Crippen molar-refractivity contribution in [3.63, 3.8) is 0 Å². The molecule has 86 valence electrons. The van der Waals surface area contributed by atoms with E-state index in [0.717, 1.165) is 5.56 Å². The van der Waals surface area contributed by atoms with E-state index in [1.165, 1.54) is 11.8 Å². The van der Waals surface area contributed by atoms with Crippen LogP contribution >= 0.6 is 23.4 Å². The third-order valence-electron chi connectivity index (χ3n) is 1.88. The number of hydrogen-bond donors (Lipinski definition) is 1. The molecule has 0 bridgehead atoms. The van der Waals surface area contributed by atoms with E-state index in [2.05, 4.69) is 0 Å². The third-order valence-corrected chi connectivity index (χ3v) is 3.13. The van der Waals surface area contributed by atoms with E-state index in [-0.39, 0.29) is 6.42 Å². The molecule has 0 amide bonds. The lowest BCUT2D eigenvalue weighted by atomic mass is 10.2. The highest BCUT2D eigenvalue weighted by Gasteiger charge is 2.03. The monoisotopic (exact) mass is 258 g/mol. The second-order valence-electron chi connectivity index (χ2n) is 3.17. The van der Waals surface area contributed by atoms with Crippen molar-refractivity contribution in [2.45, 2.75) is 12.2 Å². The highest BCUT2D eigenvalue weighted by atomic mass is 35.5. The summed E-state index contributed by atoms with van der Waals surface area (Å²) in [7, 11) is 0. The van der Waals surface area contributed by atoms with Crippen LogP contribution in [0, 0.1) is 0 Å². The summed E-state index contributed by atoms with van der Waals surface area (Å²) in [6.45, 7) is 0. The van der Waals surface area contributed by atoms with Gasteiger partial charge in [0.15, 0.2) is 0 Å². The Morgan fingerprint density at radius 1 is 1.38 bits per heavy atom. The molecule has 0 saturated heterocycles. The van der Waals surface area contributed by atoms with Gasteiger partial charge in [-0.2, -0.15) is 11.8 Å². The topological polar surface area (TPSA) is 54.4 Å². The van der Waals surface area contributed by atoms with Crippen molar-refractivity contribution in [1.82, 2.24) is 0 Å². The van der Waals surface area contributed by atoms with Crippen molar-refractivity contribution in [1.29, 1.82) is 0 Å². The highest BCUT2D eigenvalue weighted by Crippen LogP contribution is 2.15. The molecule has 0 aliphatic heterocycles. The average molecular weight is 259 g/mol. The molecule has 3 nitrogen and oxygen atoms in total. The van der Waals surface area contributed by atoms with Gasteiger partial charge in [0.05, 0.1) is 6.42 Å². The first-order valence-electron chi connectivity index (χ1n) is 4.68. The van der Waals surface area contributed by atoms with Crippen LogP contribution in [0.1, 0.15) is 22.3 Å². The number of thioether (sulfide) groups is 1. The van der Waals surface area contributed by atoms with Gasteiger partial charge < -0.3 is 5.11 Å². The van der Waals surface area contributed by atoms with Crippen LogP contribution in [0.3, 0.4) is 0 Å². The average Bonchev–Trinajstić information content (AvgIpc) is 2.24. The van der Waals surface area contributed by atoms with Gasteiger partial charge in [-0.1, -0.05) is 18.2 Å². The number of rotatable bonds is 6. The zero-order valence-corrected chi connectivity index (χ0v) is 10.1. The predicted octanol–water partition coefficient (Wildman–Crippen LogP) is 2.77. The van der Waals surface area contributed by atoms with E-state index in [1.807, 2.05) is 6.07 Å². The van der Waals surface area contributed by atoms with Crippen LogP contribution in [0.25, 0.3) is 0 Å². The maximum atomic E-state index is 10.9. The lowest BCUT2D eigenvalue weighted by Crippen LogP contribution is -1.96. The molecule has 0 unspecified atom stereocenters. The summed E-state index contributed by atoms with van der Waals surface area (Å²) in [6, 6.07) is 7.03. The van der Waals surface area contributed by atoms with Crippen LogP contribution in [0.5, 0.6) is 0 Å². The molecule has 0 fully saturated rings. The standard InChI is InChI=1S/C11H11ClO3S/c12-11(15)9-3-1-2-8(6-9)7-16-5-4-10(13)14/h1-3,6H,4-5,7H2,(H,13,14). The van der Waals surface area contributed by atoms with E-state index < -0.39 is 11.2 Å². The number of carboxylic acid groups (broad SMARTS) is 1. The molecule has 0 aromatic heterocycles. The Balaban J connectivity index is 2.45. The molecule has 1 N–H and O–H groups in total. The predicted molar refractivity (Wildman–Crippen MR) is 65.0 cm³/mol. The Kier molecular flexibility index (Phi) is 5.35. The highest BCUT2D eigenvalue weighted by molar-refractivity contribution is 7.98. The largest absolute Gasteiger partial charge is 0.481 e. The van der Waals surface area contributed by atoms with E-state index in [0.29, 0.717) is 17.1 Å². The number of hydrogen-bond acceptors (Lipinski definition) is 3. The fourth-order valence-corrected chi connectivity index (χ4v) is 2.13. The normalized spacial score (nSPS) is 10.1. The molecule has 0 saturated carbocycles. The third kappa shape index (κ3) is 4.68. The minimum absolute atomic E-state index is 0.152. The molecule has 16 heavy (non-hydrogen) atoms. The van der Waals surface area contributed by atoms with Crippen molar-refractivity contribution in [3.05, 3.63) is 35.4 Å². The van der Waals surface area contributed by atoms with Gasteiger partial charge in [-0.05, 0) is 23.2 Å². The zero-order chi connectivity index (χ0) is 12.0. The Morgan fingerprint density at radius 3 is 2.75 bits per heavy atom. The van der Waals surface area contributed by atoms with Crippen molar-refractivity contribution in [2.24, 2.45) is 0 Å². The number of carbonyl (C=O) groups is 2. The molecule has 0 heterocycles. The Hall–Kier alpha value is -1.00. The number of benzene rings is 1. The van der Waals surface area contributed by atoms with Crippen LogP contribution in [-0.4, -0.2) is 22.1 Å². The van der Waals surface area contributed by atoms with Gasteiger partial charge in [0.25, 0.3) is 5.24 Å². The summed E-state index contributed by atoms with van der Waals surface area (Å²) in [5.41, 5.74) is 1.44. The Bertz CT molecular complexity index is 393. The van der Waals surface area contributed by atoms with Gasteiger partial charge in [0.2, 0.25) is 0 Å². The number of halogens is 1. The summed E-state index contributed by atoms with van der Waals surface area (Å²) >= 11 is 6.87. The van der Waals surface area contributed by atoms with Gasteiger partial charge >= 0.3 is 5.97 Å². The molecule has 5 heteroatoms. The molecule has 1 aromatic rings. The molecule has 0 aliphatic carbocycles. The first-order chi connectivity index (χ1) is 7.59. The van der Waals surface area contributed by atoms with Gasteiger partial charge in [-0.3, -0.25) is 9.59 Å². The van der Waals surface area contributed by atoms with Gasteiger partial charge in [-0.15, -0.1) is 0 Å². The molecule has 1 aromatic carbocycles. The first-order valence-corrected chi connectivity index (χ1v) is 6.21. The minimum atomic E-state index is -0.794. The van der Waals surface area contributed by atoms with Crippen molar-refractivity contribution in [3.8, 4) is 0 Å². The fourth-order valence-electron chi connectivity index (χ4n) is 1.13. The fraction of sp³-hybridized carbons (Fsp3) is 0.273. The molecule has 1 rings (SSSR count). The lowest BCUT2D eigenvalue weighted by molar-refractivity contribution is -0.136. The number of aliphatic carboxylic acids is 1. The molecular formula is C11H11ClO3S. The second-order valence-corrected chi connectivity index (χ2v) is 4.62. The smallest absolute Gasteiger partial charge is 0.304 e. The zero-order valence-electron chi connectivity index (χ0n) is 8.48. The summed E-state index contributed by atoms with van der Waals surface area (Å²) in [6.07, 6.45) is 0.152. The van der Waals surface area contributed by atoms with Crippen LogP contribution in [0.15, 0.2) is 24.3 Å². The number of carboxylic acids is 1. The van der Waals surface area contributed by atoms with E-state index in [9.17, 15) is 9.59 Å². The van der Waals surface area contributed by atoms with Gasteiger partial charge in [0, 0.05) is 17.1 Å². The molecule has 0 spiro atoms. The van der Waals surface area contributed by atoms with Crippen LogP contribution in [0.4, 0.5) is 0 Å². The van der Waals surface area contributed by atoms with Crippen molar-refractivity contribution < 1.29 is 14.7 Å². The Morgan fingerprint density at radius 2 is 2.12 bits per heavy atom. The summed E-state index contributed by atoms with van der Waals surface area (Å²) in [5.74, 6) is 0.455. The van der Waals surface area contributed by atoms with Gasteiger partial charge in [-0.25, -0.2) is 0 Å². The maximum absolute atomic E-state index is 10.9. The Labute approximate surface area is 103 Å². The van der Waals surface area contributed by atoms with Crippen molar-refractivity contribution in [2.75, 3.05) is 5.75 Å². The van der Waals surface area contributed by atoms with Crippen LogP contribution in [0.2, 0.25) is 0 Å². The lowest BCUT2D eigenvalue weighted by Gasteiger charge is -2.01. The minimum Gasteiger partial charge on any atom is -0.481 e. The van der Waals surface area contributed by atoms with Gasteiger partial charge in [0.1, 0.15) is 0 Å². The quantitative estimate of drug-likeness (QED) is 0.630. The molecule has 0 aliphatic rings. The maximum Gasteiger partial charge on any atom is 0.304 e. The van der Waals surface area contributed by atoms with Crippen LogP contribution in [-0.2, 0) is 10.5 Å². The summed E-state index contributed by atoms with van der Waals surface area (Å²) in [4.78, 5) is 21.2. The van der Waals surface area contributed by atoms with E-state index >= 15 is 0 Å². The molecular weight excluding hydrogens is 248 g/mol. The summed E-state index contributed by atoms with van der Waals surface area (Å²) < 4.78 is 0. The SMILES string of the molecule is O=C(O)CCSCc1cccc(C(=O)Cl)c1. The van der Waals surface area contributed by atoms with Crippen LogP contribution < -0.4 is 0 Å². The second kappa shape index (κ2) is 6.55. The van der Waals surface area contributed by atoms with Crippen molar-refractivity contribution >= 4 is 34.6 Å².